The lowest BCUT2D eigenvalue weighted by Gasteiger charge is -2.25. The Kier molecular flexibility index (Phi) is 5.98. The van der Waals surface area contributed by atoms with Gasteiger partial charge in [0.15, 0.2) is 0 Å². The average molecular weight is 371 g/mol. The molecule has 0 aliphatic rings. The number of rotatable bonds is 6. The van der Waals surface area contributed by atoms with Gasteiger partial charge in [-0.2, -0.15) is 0 Å². The van der Waals surface area contributed by atoms with E-state index in [2.05, 4.69) is 4.90 Å². The van der Waals surface area contributed by atoms with Crippen LogP contribution in [0.25, 0.3) is 0 Å². The third-order valence-corrected chi connectivity index (χ3v) is 5.41. The quantitative estimate of drug-likeness (QED) is 0.848. The first-order valence-corrected chi connectivity index (χ1v) is 9.38. The summed E-state index contributed by atoms with van der Waals surface area (Å²) in [5.74, 6) is -0.305. The summed E-state index contributed by atoms with van der Waals surface area (Å²) < 4.78 is 36.4. The zero-order valence-electron chi connectivity index (χ0n) is 13.5. The maximum atomic E-state index is 13.8. The van der Waals surface area contributed by atoms with E-state index < -0.39 is 10.0 Å². The van der Waals surface area contributed by atoms with Crippen LogP contribution < -0.4 is 5.14 Å². The minimum Gasteiger partial charge on any atom is -0.299 e. The van der Waals surface area contributed by atoms with Crippen molar-refractivity contribution in [1.29, 1.82) is 0 Å². The number of hydrogen-bond acceptors (Lipinski definition) is 3. The molecule has 2 N–H and O–H groups in total. The fraction of sp³-hybridized carbons (Fsp3) is 0.294. The van der Waals surface area contributed by atoms with E-state index in [1.54, 1.807) is 24.3 Å². The number of nitrogens with two attached hydrogens (primary N) is 1. The van der Waals surface area contributed by atoms with Crippen LogP contribution in [0.5, 0.6) is 0 Å². The van der Waals surface area contributed by atoms with Gasteiger partial charge in [0.2, 0.25) is 10.0 Å². The fourth-order valence-electron chi connectivity index (χ4n) is 2.44. The first-order valence-electron chi connectivity index (χ1n) is 7.46. The molecule has 4 nitrogen and oxygen atoms in total. The van der Waals surface area contributed by atoms with Crippen molar-refractivity contribution in [3.8, 4) is 0 Å². The molecular formula is C17H20ClFN2O2S. The Morgan fingerprint density at radius 1 is 1.21 bits per heavy atom. The molecule has 2 aromatic rings. The zero-order chi connectivity index (χ0) is 17.9. The van der Waals surface area contributed by atoms with Gasteiger partial charge in [0, 0.05) is 23.2 Å². The van der Waals surface area contributed by atoms with Gasteiger partial charge in [0.1, 0.15) is 5.82 Å². The van der Waals surface area contributed by atoms with Crippen molar-refractivity contribution in [2.24, 2.45) is 5.14 Å². The van der Waals surface area contributed by atoms with E-state index in [4.69, 9.17) is 16.7 Å². The summed E-state index contributed by atoms with van der Waals surface area (Å²) in [6, 6.07) is 11.1. The molecule has 1 unspecified atom stereocenters. The number of likely N-dealkylation sites (N-methyl/N-ethyl adjacent to an activating group) is 1. The SMILES string of the molecule is CC(c1ccc(S(N)(=O)=O)cc1)N(C)CCc1c(F)cccc1Cl. The topological polar surface area (TPSA) is 63.4 Å². The first kappa shape index (κ1) is 18.9. The molecule has 2 aromatic carbocycles. The minimum atomic E-state index is -3.69. The zero-order valence-corrected chi connectivity index (χ0v) is 15.1. The molecule has 0 spiro atoms. The van der Waals surface area contributed by atoms with Gasteiger partial charge in [-0.05, 0) is 50.2 Å². The van der Waals surface area contributed by atoms with Gasteiger partial charge >= 0.3 is 0 Å². The fourth-order valence-corrected chi connectivity index (χ4v) is 3.22. The second kappa shape index (κ2) is 7.61. The lowest BCUT2D eigenvalue weighted by atomic mass is 10.1. The van der Waals surface area contributed by atoms with Crippen molar-refractivity contribution in [3.05, 3.63) is 64.4 Å². The molecule has 7 heteroatoms. The molecular weight excluding hydrogens is 351 g/mol. The Hall–Kier alpha value is -1.47. The van der Waals surface area contributed by atoms with Gasteiger partial charge in [-0.15, -0.1) is 0 Å². The van der Waals surface area contributed by atoms with Crippen LogP contribution in [0.1, 0.15) is 24.1 Å². The molecule has 0 aromatic heterocycles. The molecule has 0 aliphatic heterocycles. The molecule has 24 heavy (non-hydrogen) atoms. The number of primary sulfonamides is 1. The largest absolute Gasteiger partial charge is 0.299 e. The highest BCUT2D eigenvalue weighted by atomic mass is 35.5. The van der Waals surface area contributed by atoms with Crippen LogP contribution in [0.2, 0.25) is 5.02 Å². The van der Waals surface area contributed by atoms with Crippen LogP contribution >= 0.6 is 11.6 Å². The van der Waals surface area contributed by atoms with Crippen molar-refractivity contribution in [3.63, 3.8) is 0 Å². The second-order valence-electron chi connectivity index (χ2n) is 5.72. The van der Waals surface area contributed by atoms with Crippen LogP contribution in [-0.2, 0) is 16.4 Å². The van der Waals surface area contributed by atoms with E-state index in [9.17, 15) is 12.8 Å². The van der Waals surface area contributed by atoms with E-state index in [1.165, 1.54) is 18.2 Å². The maximum Gasteiger partial charge on any atom is 0.238 e. The molecule has 0 aliphatic carbocycles. The summed E-state index contributed by atoms with van der Waals surface area (Å²) in [5.41, 5.74) is 1.45. The lowest BCUT2D eigenvalue weighted by molar-refractivity contribution is 0.264. The van der Waals surface area contributed by atoms with E-state index in [0.717, 1.165) is 5.56 Å². The molecule has 0 bridgehead atoms. The third-order valence-electron chi connectivity index (χ3n) is 4.13. The van der Waals surface area contributed by atoms with Crippen molar-refractivity contribution in [1.82, 2.24) is 4.90 Å². The third kappa shape index (κ3) is 4.54. The summed E-state index contributed by atoms with van der Waals surface area (Å²) >= 11 is 6.04. The van der Waals surface area contributed by atoms with Gasteiger partial charge < -0.3 is 0 Å². The average Bonchev–Trinajstić information content (AvgIpc) is 2.52. The van der Waals surface area contributed by atoms with E-state index >= 15 is 0 Å². The molecule has 0 amide bonds. The molecule has 0 saturated carbocycles. The predicted molar refractivity (Wildman–Crippen MR) is 94.0 cm³/mol. The Bertz CT molecular complexity index is 790. The highest BCUT2D eigenvalue weighted by Crippen LogP contribution is 2.23. The Morgan fingerprint density at radius 3 is 2.38 bits per heavy atom. The molecule has 0 fully saturated rings. The molecule has 0 saturated heterocycles. The van der Waals surface area contributed by atoms with Gasteiger partial charge in [-0.3, -0.25) is 4.90 Å². The second-order valence-corrected chi connectivity index (χ2v) is 7.69. The van der Waals surface area contributed by atoms with Gasteiger partial charge in [0.25, 0.3) is 0 Å². The normalized spacial score (nSPS) is 13.2. The highest BCUT2D eigenvalue weighted by Gasteiger charge is 2.15. The van der Waals surface area contributed by atoms with Crippen LogP contribution in [0.15, 0.2) is 47.4 Å². The maximum absolute atomic E-state index is 13.8. The lowest BCUT2D eigenvalue weighted by Crippen LogP contribution is -2.25. The minimum absolute atomic E-state index is 0.0325. The van der Waals surface area contributed by atoms with Crippen molar-refractivity contribution >= 4 is 21.6 Å². The summed E-state index contributed by atoms with van der Waals surface area (Å²) in [6.45, 7) is 2.60. The van der Waals surface area contributed by atoms with Gasteiger partial charge in [-0.1, -0.05) is 29.8 Å². The number of nitrogens with zero attached hydrogens (tertiary/aromatic N) is 1. The van der Waals surface area contributed by atoms with Gasteiger partial charge in [0.05, 0.1) is 4.90 Å². The van der Waals surface area contributed by atoms with Crippen LogP contribution in [0, 0.1) is 5.82 Å². The van der Waals surface area contributed by atoms with E-state index in [1.807, 2.05) is 14.0 Å². The van der Waals surface area contributed by atoms with Crippen molar-refractivity contribution in [2.75, 3.05) is 13.6 Å². The smallest absolute Gasteiger partial charge is 0.238 e. The Morgan fingerprint density at radius 2 is 1.83 bits per heavy atom. The summed E-state index contributed by atoms with van der Waals surface area (Å²) in [6.07, 6.45) is 0.488. The summed E-state index contributed by atoms with van der Waals surface area (Å²) in [4.78, 5) is 2.13. The molecule has 0 radical (unpaired) electrons. The predicted octanol–water partition coefficient (Wildman–Crippen LogP) is 3.36. The summed E-state index contributed by atoms with van der Waals surface area (Å²) in [5, 5.41) is 5.52. The number of sulfonamides is 1. The highest BCUT2D eigenvalue weighted by molar-refractivity contribution is 7.89. The number of benzene rings is 2. The molecule has 130 valence electrons. The van der Waals surface area contributed by atoms with E-state index in [0.29, 0.717) is 23.6 Å². The van der Waals surface area contributed by atoms with Crippen LogP contribution in [0.4, 0.5) is 4.39 Å². The van der Waals surface area contributed by atoms with Crippen molar-refractivity contribution in [2.45, 2.75) is 24.3 Å². The Balaban J connectivity index is 2.05. The van der Waals surface area contributed by atoms with E-state index in [-0.39, 0.29) is 16.8 Å². The van der Waals surface area contributed by atoms with Crippen LogP contribution in [-0.4, -0.2) is 26.9 Å². The van der Waals surface area contributed by atoms with Crippen molar-refractivity contribution < 1.29 is 12.8 Å². The molecule has 2 rings (SSSR count). The Labute approximate surface area is 147 Å². The van der Waals surface area contributed by atoms with Gasteiger partial charge in [-0.25, -0.2) is 17.9 Å². The number of hydrogen-bond donors (Lipinski definition) is 1. The summed E-state index contributed by atoms with van der Waals surface area (Å²) in [7, 11) is -1.77. The first-order chi connectivity index (χ1) is 11.2. The number of halogens is 2. The van der Waals surface area contributed by atoms with Crippen LogP contribution in [0.3, 0.4) is 0 Å². The standard InChI is InChI=1S/C17H20ClFN2O2S/c1-12(13-6-8-14(9-7-13)24(20,22)23)21(2)11-10-15-16(18)4-3-5-17(15)19/h3-9,12H,10-11H2,1-2H3,(H2,20,22,23). The molecule has 1 atom stereocenters. The monoisotopic (exact) mass is 370 g/mol. The molecule has 0 heterocycles.